The van der Waals surface area contributed by atoms with Crippen molar-refractivity contribution in [3.63, 3.8) is 0 Å². The van der Waals surface area contributed by atoms with Gasteiger partial charge in [0.1, 0.15) is 3.70 Å². The molecular formula is C7H4I2N2. The Morgan fingerprint density at radius 1 is 1.27 bits per heavy atom. The lowest BCUT2D eigenvalue weighted by Crippen LogP contribution is -1.71. The molecule has 0 bridgehead atoms. The number of fused-ring (bicyclic) bond motifs is 1. The van der Waals surface area contributed by atoms with Crippen LogP contribution in [0.5, 0.6) is 0 Å². The van der Waals surface area contributed by atoms with Gasteiger partial charge in [0.05, 0.1) is 5.52 Å². The highest BCUT2D eigenvalue weighted by Gasteiger charge is 2.00. The number of H-pyrrole nitrogens is 1. The topological polar surface area (TPSA) is 28.7 Å². The van der Waals surface area contributed by atoms with Gasteiger partial charge in [-0.3, -0.25) is 5.10 Å². The van der Waals surface area contributed by atoms with E-state index in [2.05, 4.69) is 67.5 Å². The van der Waals surface area contributed by atoms with Crippen LogP contribution in [0, 0.1) is 7.27 Å². The first-order chi connectivity index (χ1) is 5.27. The minimum Gasteiger partial charge on any atom is -0.271 e. The highest BCUT2D eigenvalue weighted by atomic mass is 127. The van der Waals surface area contributed by atoms with Crippen LogP contribution in [0.3, 0.4) is 0 Å². The number of hydrogen-bond donors (Lipinski definition) is 1. The molecule has 1 heterocycles. The fraction of sp³-hybridized carbons (Fsp3) is 0. The molecule has 0 atom stereocenters. The molecule has 2 rings (SSSR count). The summed E-state index contributed by atoms with van der Waals surface area (Å²) >= 11 is 4.55. The van der Waals surface area contributed by atoms with Gasteiger partial charge in [0.25, 0.3) is 0 Å². The highest BCUT2D eigenvalue weighted by Crippen LogP contribution is 2.19. The van der Waals surface area contributed by atoms with E-state index in [0.29, 0.717) is 0 Å². The summed E-state index contributed by atoms with van der Waals surface area (Å²) in [5.74, 6) is 0. The maximum Gasteiger partial charge on any atom is 0.104 e. The minimum atomic E-state index is 1.04. The molecule has 0 aliphatic heterocycles. The van der Waals surface area contributed by atoms with E-state index in [1.807, 2.05) is 6.07 Å². The van der Waals surface area contributed by atoms with E-state index in [0.717, 1.165) is 9.22 Å². The molecule has 0 fully saturated rings. The van der Waals surface area contributed by atoms with Gasteiger partial charge in [-0.05, 0) is 63.4 Å². The Morgan fingerprint density at radius 3 is 2.91 bits per heavy atom. The predicted molar refractivity (Wildman–Crippen MR) is 61.5 cm³/mol. The standard InChI is InChI=1S/C7H4I2N2/c8-4-1-2-6-5(3-4)7(9)11-10-6/h1-3H,(H,10,11). The molecule has 0 aliphatic carbocycles. The molecular weight excluding hydrogens is 366 g/mol. The number of rotatable bonds is 0. The Bertz CT molecular complexity index is 394. The first-order valence-corrected chi connectivity index (χ1v) is 5.22. The van der Waals surface area contributed by atoms with Gasteiger partial charge in [0.2, 0.25) is 0 Å². The van der Waals surface area contributed by atoms with Crippen molar-refractivity contribution in [1.29, 1.82) is 0 Å². The monoisotopic (exact) mass is 370 g/mol. The summed E-state index contributed by atoms with van der Waals surface area (Å²) in [4.78, 5) is 0. The minimum absolute atomic E-state index is 1.04. The summed E-state index contributed by atoms with van der Waals surface area (Å²) in [5.41, 5.74) is 1.04. The van der Waals surface area contributed by atoms with Gasteiger partial charge in [-0.25, -0.2) is 0 Å². The van der Waals surface area contributed by atoms with Gasteiger partial charge < -0.3 is 0 Å². The van der Waals surface area contributed by atoms with Gasteiger partial charge in [0, 0.05) is 8.96 Å². The molecule has 1 aromatic carbocycles. The highest BCUT2D eigenvalue weighted by molar-refractivity contribution is 14.1. The van der Waals surface area contributed by atoms with Crippen molar-refractivity contribution in [2.45, 2.75) is 0 Å². The van der Waals surface area contributed by atoms with Gasteiger partial charge in [-0.1, -0.05) is 0 Å². The van der Waals surface area contributed by atoms with E-state index in [4.69, 9.17) is 0 Å². The van der Waals surface area contributed by atoms with E-state index in [1.54, 1.807) is 0 Å². The molecule has 0 spiro atoms. The Morgan fingerprint density at radius 2 is 2.09 bits per heavy atom. The molecule has 2 aromatic rings. The fourth-order valence-electron chi connectivity index (χ4n) is 0.951. The smallest absolute Gasteiger partial charge is 0.104 e. The third-order valence-electron chi connectivity index (χ3n) is 1.47. The summed E-state index contributed by atoms with van der Waals surface area (Å²) < 4.78 is 2.35. The normalized spacial score (nSPS) is 10.7. The average molecular weight is 370 g/mol. The summed E-state index contributed by atoms with van der Waals surface area (Å²) in [6.45, 7) is 0. The Balaban J connectivity index is 2.87. The van der Waals surface area contributed by atoms with Crippen LogP contribution in [0.25, 0.3) is 10.9 Å². The van der Waals surface area contributed by atoms with Gasteiger partial charge in [-0.2, -0.15) is 5.10 Å². The second kappa shape index (κ2) is 2.89. The molecule has 0 unspecified atom stereocenters. The summed E-state index contributed by atoms with van der Waals surface area (Å²) in [5, 5.41) is 8.27. The number of halogens is 2. The SMILES string of the molecule is Ic1ccc2n[nH]c(I)c2c1. The molecule has 0 saturated carbocycles. The Kier molecular flexibility index (Phi) is 2.04. The van der Waals surface area contributed by atoms with Crippen LogP contribution in [0.4, 0.5) is 0 Å². The lowest BCUT2D eigenvalue weighted by Gasteiger charge is -1.88. The molecule has 56 valence electrons. The second-order valence-electron chi connectivity index (χ2n) is 2.20. The molecule has 0 aliphatic rings. The number of nitrogens with zero attached hydrogens (tertiary/aromatic N) is 1. The maximum atomic E-state index is 4.12. The zero-order chi connectivity index (χ0) is 7.84. The average Bonchev–Trinajstić information content (AvgIpc) is 2.33. The summed E-state index contributed by atoms with van der Waals surface area (Å²) in [6, 6.07) is 6.21. The van der Waals surface area contributed by atoms with Crippen LogP contribution in [-0.4, -0.2) is 10.2 Å². The van der Waals surface area contributed by atoms with E-state index in [9.17, 15) is 0 Å². The van der Waals surface area contributed by atoms with Crippen molar-refractivity contribution in [3.05, 3.63) is 25.5 Å². The first kappa shape index (κ1) is 7.78. The van der Waals surface area contributed by atoms with Gasteiger partial charge in [0.15, 0.2) is 0 Å². The van der Waals surface area contributed by atoms with E-state index in [1.165, 1.54) is 8.96 Å². The molecule has 4 heteroatoms. The van der Waals surface area contributed by atoms with Crippen LogP contribution in [0.1, 0.15) is 0 Å². The first-order valence-electron chi connectivity index (χ1n) is 3.06. The molecule has 1 N–H and O–H groups in total. The van der Waals surface area contributed by atoms with Crippen molar-refractivity contribution >= 4 is 56.1 Å². The van der Waals surface area contributed by atoms with Crippen molar-refractivity contribution < 1.29 is 0 Å². The predicted octanol–water partition coefficient (Wildman–Crippen LogP) is 2.77. The lowest BCUT2D eigenvalue weighted by molar-refractivity contribution is 1.09. The number of aromatic amines is 1. The number of aromatic nitrogens is 2. The van der Waals surface area contributed by atoms with Gasteiger partial charge in [-0.15, -0.1) is 0 Å². The third-order valence-corrected chi connectivity index (χ3v) is 2.96. The zero-order valence-electron chi connectivity index (χ0n) is 5.44. The van der Waals surface area contributed by atoms with Crippen LogP contribution in [0.15, 0.2) is 18.2 Å². The van der Waals surface area contributed by atoms with Crippen LogP contribution in [0.2, 0.25) is 0 Å². The third kappa shape index (κ3) is 1.37. The van der Waals surface area contributed by atoms with Crippen LogP contribution >= 0.6 is 45.2 Å². The summed E-state index contributed by atoms with van der Waals surface area (Å²) in [7, 11) is 0. The van der Waals surface area contributed by atoms with Gasteiger partial charge >= 0.3 is 0 Å². The fourth-order valence-corrected chi connectivity index (χ4v) is 1.99. The quantitative estimate of drug-likeness (QED) is 0.711. The maximum absolute atomic E-state index is 4.12. The largest absolute Gasteiger partial charge is 0.271 e. The van der Waals surface area contributed by atoms with Crippen molar-refractivity contribution in [2.75, 3.05) is 0 Å². The van der Waals surface area contributed by atoms with E-state index in [-0.39, 0.29) is 0 Å². The molecule has 0 radical (unpaired) electrons. The van der Waals surface area contributed by atoms with Crippen LogP contribution < -0.4 is 0 Å². The Hall–Kier alpha value is 0.150. The lowest BCUT2D eigenvalue weighted by atomic mass is 10.3. The molecule has 1 aromatic heterocycles. The molecule has 0 amide bonds. The number of benzene rings is 1. The Labute approximate surface area is 91.0 Å². The van der Waals surface area contributed by atoms with Crippen molar-refractivity contribution in [3.8, 4) is 0 Å². The zero-order valence-corrected chi connectivity index (χ0v) is 9.75. The number of hydrogen-bond acceptors (Lipinski definition) is 1. The second-order valence-corrected chi connectivity index (χ2v) is 4.52. The molecule has 2 nitrogen and oxygen atoms in total. The number of nitrogens with one attached hydrogen (secondary N) is 1. The van der Waals surface area contributed by atoms with Crippen LogP contribution in [-0.2, 0) is 0 Å². The molecule has 0 saturated heterocycles. The van der Waals surface area contributed by atoms with E-state index >= 15 is 0 Å². The van der Waals surface area contributed by atoms with Crippen molar-refractivity contribution in [2.24, 2.45) is 0 Å². The van der Waals surface area contributed by atoms with Crippen molar-refractivity contribution in [1.82, 2.24) is 10.2 Å². The molecule has 11 heavy (non-hydrogen) atoms. The van der Waals surface area contributed by atoms with E-state index < -0.39 is 0 Å². The summed E-state index contributed by atoms with van der Waals surface area (Å²) in [6.07, 6.45) is 0.